The third kappa shape index (κ3) is 3.40. The number of amides is 2. The van der Waals surface area contributed by atoms with Crippen LogP contribution in [0.15, 0.2) is 0 Å². The van der Waals surface area contributed by atoms with E-state index >= 15 is 0 Å². The molecular weight excluding hydrogens is 264 g/mol. The molecule has 1 saturated heterocycles. The third-order valence-corrected chi connectivity index (χ3v) is 4.25. The summed E-state index contributed by atoms with van der Waals surface area (Å²) in [4.78, 5) is 24.6. The van der Waals surface area contributed by atoms with Crippen LogP contribution in [0.4, 0.5) is 4.79 Å². The van der Waals surface area contributed by atoms with E-state index in [9.17, 15) is 14.7 Å². The summed E-state index contributed by atoms with van der Waals surface area (Å²) >= 11 is 0. The second-order valence-corrected chi connectivity index (χ2v) is 5.69. The Balaban J connectivity index is 1.86. The highest BCUT2D eigenvalue weighted by Gasteiger charge is 2.39. The molecule has 0 radical (unpaired) electrons. The number of hydrogen-bond acceptors (Lipinski definition) is 4. The summed E-state index contributed by atoms with van der Waals surface area (Å²) < 4.78 is 5.22. The van der Waals surface area contributed by atoms with Crippen LogP contribution in [0.5, 0.6) is 0 Å². The third-order valence-electron chi connectivity index (χ3n) is 4.25. The molecule has 0 bridgehead atoms. The number of aliphatic hydroxyl groups excluding tert-OH is 1. The molecule has 3 N–H and O–H groups in total. The number of ether oxygens (including phenoxy) is 1. The average molecular weight is 286 g/mol. The minimum atomic E-state index is -0.821. The van der Waals surface area contributed by atoms with E-state index in [2.05, 4.69) is 5.32 Å². The van der Waals surface area contributed by atoms with Crippen molar-refractivity contribution in [1.29, 1.82) is 0 Å². The number of nitrogens with zero attached hydrogens (tertiary/aromatic N) is 1. The fourth-order valence-corrected chi connectivity index (χ4v) is 2.85. The molecule has 0 spiro atoms. The van der Waals surface area contributed by atoms with Crippen molar-refractivity contribution in [3.63, 3.8) is 0 Å². The number of carbonyl (C=O) groups is 2. The van der Waals surface area contributed by atoms with Gasteiger partial charge >= 0.3 is 12.0 Å². The Labute approximate surface area is 117 Å². The lowest BCUT2D eigenvalue weighted by molar-refractivity contribution is -0.141. The first-order valence-corrected chi connectivity index (χ1v) is 7.01. The minimum absolute atomic E-state index is 0.0970. The zero-order valence-electron chi connectivity index (χ0n) is 11.5. The van der Waals surface area contributed by atoms with Crippen molar-refractivity contribution in [2.75, 3.05) is 32.9 Å². The van der Waals surface area contributed by atoms with E-state index < -0.39 is 5.97 Å². The first-order chi connectivity index (χ1) is 9.56. The van der Waals surface area contributed by atoms with Gasteiger partial charge in [0.15, 0.2) is 0 Å². The number of morpholine rings is 1. The first kappa shape index (κ1) is 15.1. The molecule has 0 aromatic rings. The standard InChI is InChI=1S/C13H22N2O5/c16-7-10-8-20-5-4-15(10)12(19)14-9-13(2-1-3-13)6-11(17)18/h10,16H,1-9H2,(H,14,19)(H,17,18). The van der Waals surface area contributed by atoms with Crippen LogP contribution in [0.3, 0.4) is 0 Å². The second kappa shape index (κ2) is 6.41. The maximum absolute atomic E-state index is 12.1. The van der Waals surface area contributed by atoms with E-state index in [0.29, 0.717) is 26.3 Å². The highest BCUT2D eigenvalue weighted by Crippen LogP contribution is 2.43. The first-order valence-electron chi connectivity index (χ1n) is 7.01. The van der Waals surface area contributed by atoms with E-state index in [1.807, 2.05) is 0 Å². The van der Waals surface area contributed by atoms with Gasteiger partial charge in [-0.25, -0.2) is 4.79 Å². The number of carboxylic acids is 1. The molecule has 2 fully saturated rings. The van der Waals surface area contributed by atoms with E-state index in [1.54, 1.807) is 4.90 Å². The van der Waals surface area contributed by atoms with E-state index in [4.69, 9.17) is 9.84 Å². The van der Waals surface area contributed by atoms with Crippen LogP contribution >= 0.6 is 0 Å². The lowest BCUT2D eigenvalue weighted by atomic mass is 9.66. The topological polar surface area (TPSA) is 99.1 Å². The normalized spacial score (nSPS) is 24.9. The highest BCUT2D eigenvalue weighted by atomic mass is 16.5. The quantitative estimate of drug-likeness (QED) is 0.662. The van der Waals surface area contributed by atoms with E-state index in [1.165, 1.54) is 0 Å². The molecule has 1 aliphatic carbocycles. The molecule has 114 valence electrons. The van der Waals surface area contributed by atoms with Crippen LogP contribution < -0.4 is 5.32 Å². The number of nitrogens with one attached hydrogen (secondary N) is 1. The van der Waals surface area contributed by atoms with Crippen LogP contribution in [0.25, 0.3) is 0 Å². The number of carboxylic acid groups (broad SMARTS) is 1. The second-order valence-electron chi connectivity index (χ2n) is 5.69. The van der Waals surface area contributed by atoms with E-state index in [0.717, 1.165) is 19.3 Å². The van der Waals surface area contributed by atoms with Crippen molar-refractivity contribution in [3.05, 3.63) is 0 Å². The predicted octanol–water partition coefficient (Wildman–Crippen LogP) is 0.0341. The summed E-state index contributed by atoms with van der Waals surface area (Å²) in [5, 5.41) is 21.0. The lowest BCUT2D eigenvalue weighted by Gasteiger charge is -2.42. The smallest absolute Gasteiger partial charge is 0.317 e. The number of rotatable bonds is 5. The van der Waals surface area contributed by atoms with Crippen LogP contribution in [-0.2, 0) is 9.53 Å². The van der Waals surface area contributed by atoms with Gasteiger partial charge in [0.2, 0.25) is 0 Å². The van der Waals surface area contributed by atoms with Crippen LogP contribution in [-0.4, -0.2) is 66.1 Å². The predicted molar refractivity (Wildman–Crippen MR) is 70.3 cm³/mol. The zero-order valence-corrected chi connectivity index (χ0v) is 11.5. The van der Waals surface area contributed by atoms with Crippen molar-refractivity contribution in [2.45, 2.75) is 31.7 Å². The molecular formula is C13H22N2O5. The Kier molecular flexibility index (Phi) is 4.82. The molecule has 1 saturated carbocycles. The Morgan fingerprint density at radius 2 is 2.15 bits per heavy atom. The largest absolute Gasteiger partial charge is 0.481 e. The molecule has 7 heteroatoms. The Bertz CT molecular complexity index is 370. The van der Waals surface area contributed by atoms with Crippen LogP contribution in [0.2, 0.25) is 0 Å². The molecule has 0 aromatic carbocycles. The number of aliphatic carboxylic acids is 1. The van der Waals surface area contributed by atoms with Gasteiger partial charge in [-0.15, -0.1) is 0 Å². The summed E-state index contributed by atoms with van der Waals surface area (Å²) in [6, 6.07) is -0.565. The molecule has 1 unspecified atom stereocenters. The van der Waals surface area contributed by atoms with Gasteiger partial charge in [0, 0.05) is 13.1 Å². The van der Waals surface area contributed by atoms with Crippen molar-refractivity contribution in [3.8, 4) is 0 Å². The van der Waals surface area contributed by atoms with Crippen LogP contribution in [0, 0.1) is 5.41 Å². The maximum Gasteiger partial charge on any atom is 0.317 e. The molecule has 2 rings (SSSR count). The van der Waals surface area contributed by atoms with E-state index in [-0.39, 0.29) is 30.5 Å². The van der Waals surface area contributed by atoms with Crippen molar-refractivity contribution >= 4 is 12.0 Å². The van der Waals surface area contributed by atoms with Gasteiger partial charge in [-0.2, -0.15) is 0 Å². The number of hydrogen-bond donors (Lipinski definition) is 3. The molecule has 20 heavy (non-hydrogen) atoms. The van der Waals surface area contributed by atoms with Gasteiger partial charge in [0.05, 0.1) is 32.3 Å². The fourth-order valence-electron chi connectivity index (χ4n) is 2.85. The number of aliphatic hydroxyl groups is 1. The molecule has 1 atom stereocenters. The summed E-state index contributed by atoms with van der Waals surface area (Å²) in [5.41, 5.74) is -0.289. The zero-order chi connectivity index (χ0) is 14.6. The maximum atomic E-state index is 12.1. The number of urea groups is 1. The molecule has 2 aliphatic rings. The van der Waals surface area contributed by atoms with Gasteiger partial charge in [-0.1, -0.05) is 6.42 Å². The Morgan fingerprint density at radius 3 is 2.70 bits per heavy atom. The Morgan fingerprint density at radius 1 is 1.40 bits per heavy atom. The molecule has 0 aromatic heterocycles. The van der Waals surface area contributed by atoms with Gasteiger partial charge in [-0.3, -0.25) is 4.79 Å². The number of carbonyl (C=O) groups excluding carboxylic acids is 1. The summed E-state index contributed by atoms with van der Waals surface area (Å²) in [6.07, 6.45) is 2.79. The Hall–Kier alpha value is -1.34. The molecule has 1 aliphatic heterocycles. The highest BCUT2D eigenvalue weighted by molar-refractivity contribution is 5.75. The molecule has 2 amide bonds. The summed E-state index contributed by atoms with van der Waals surface area (Å²) in [7, 11) is 0. The van der Waals surface area contributed by atoms with Crippen molar-refractivity contribution < 1.29 is 24.5 Å². The van der Waals surface area contributed by atoms with Crippen LogP contribution in [0.1, 0.15) is 25.7 Å². The summed E-state index contributed by atoms with van der Waals surface area (Å²) in [6.45, 7) is 1.50. The minimum Gasteiger partial charge on any atom is -0.481 e. The fraction of sp³-hybridized carbons (Fsp3) is 0.846. The van der Waals surface area contributed by atoms with Gasteiger partial charge < -0.3 is 25.2 Å². The van der Waals surface area contributed by atoms with Crippen molar-refractivity contribution in [2.24, 2.45) is 5.41 Å². The van der Waals surface area contributed by atoms with Crippen molar-refractivity contribution in [1.82, 2.24) is 10.2 Å². The van der Waals surface area contributed by atoms with Gasteiger partial charge in [0.25, 0.3) is 0 Å². The molecule has 1 heterocycles. The molecule has 7 nitrogen and oxygen atoms in total. The summed E-state index contributed by atoms with van der Waals surface area (Å²) in [5.74, 6) is -0.821. The average Bonchev–Trinajstić information content (AvgIpc) is 2.40. The monoisotopic (exact) mass is 286 g/mol. The van der Waals surface area contributed by atoms with Gasteiger partial charge in [0.1, 0.15) is 0 Å². The SMILES string of the molecule is O=C(O)CC1(CNC(=O)N2CCOCC2CO)CCC1. The van der Waals surface area contributed by atoms with Gasteiger partial charge in [-0.05, 0) is 18.3 Å². The lowest BCUT2D eigenvalue weighted by Crippen LogP contribution is -2.55.